The lowest BCUT2D eigenvalue weighted by atomic mass is 10.1. The van der Waals surface area contributed by atoms with E-state index in [4.69, 9.17) is 0 Å². The molecule has 0 atom stereocenters. The third kappa shape index (κ3) is 2.50. The first-order valence-electron chi connectivity index (χ1n) is 5.13. The van der Waals surface area contributed by atoms with E-state index in [0.29, 0.717) is 0 Å². The molecule has 0 aliphatic carbocycles. The maximum atomic E-state index is 4.31. The Labute approximate surface area is 98.1 Å². The van der Waals surface area contributed by atoms with Gasteiger partial charge in [-0.05, 0) is 30.2 Å². The summed E-state index contributed by atoms with van der Waals surface area (Å²) in [6.45, 7) is 3.94. The molecule has 0 bridgehead atoms. The van der Waals surface area contributed by atoms with Crippen LogP contribution in [0.3, 0.4) is 0 Å². The van der Waals surface area contributed by atoms with Crippen LogP contribution in [0.2, 0.25) is 0 Å². The summed E-state index contributed by atoms with van der Waals surface area (Å²) in [5, 5.41) is 6.50. The van der Waals surface area contributed by atoms with Gasteiger partial charge >= 0.3 is 0 Å². The zero-order valence-electron chi connectivity index (χ0n) is 8.68. The van der Waals surface area contributed by atoms with E-state index in [-0.39, 0.29) is 0 Å². The fourth-order valence-electron chi connectivity index (χ4n) is 1.59. The second-order valence-corrected chi connectivity index (χ2v) is 4.35. The van der Waals surface area contributed by atoms with Gasteiger partial charge in [0, 0.05) is 16.7 Å². The van der Waals surface area contributed by atoms with E-state index in [9.17, 15) is 0 Å². The van der Waals surface area contributed by atoms with Gasteiger partial charge in [-0.3, -0.25) is 4.99 Å². The number of hydrogen-bond acceptors (Lipinski definition) is 3. The number of nitrogens with one attached hydrogen (secondary N) is 2. The lowest BCUT2D eigenvalue weighted by molar-refractivity contribution is 0.959. The molecule has 0 fully saturated rings. The molecule has 0 amide bonds. The van der Waals surface area contributed by atoms with E-state index in [1.54, 1.807) is 0 Å². The highest BCUT2D eigenvalue weighted by atomic mass is 79.9. The Morgan fingerprint density at radius 3 is 3.07 bits per heavy atom. The third-order valence-electron chi connectivity index (χ3n) is 2.38. The maximum absolute atomic E-state index is 4.31. The van der Waals surface area contributed by atoms with Crippen molar-refractivity contribution in [2.75, 3.05) is 18.4 Å². The number of hydrogen-bond donors (Lipinski definition) is 2. The Morgan fingerprint density at radius 1 is 1.53 bits per heavy atom. The Balaban J connectivity index is 2.19. The van der Waals surface area contributed by atoms with Gasteiger partial charge in [0.15, 0.2) is 5.96 Å². The SMILES string of the molecule is CCc1cc(Br)ccc1NC1=NCCN1. The molecular weight excluding hydrogens is 254 g/mol. The van der Waals surface area contributed by atoms with Crippen molar-refractivity contribution in [1.82, 2.24) is 5.32 Å². The average Bonchev–Trinajstić information content (AvgIpc) is 2.73. The first kappa shape index (κ1) is 10.5. The Kier molecular flexibility index (Phi) is 3.26. The molecule has 3 nitrogen and oxygen atoms in total. The predicted octanol–water partition coefficient (Wildman–Crippen LogP) is 2.38. The highest BCUT2D eigenvalue weighted by molar-refractivity contribution is 9.10. The van der Waals surface area contributed by atoms with Gasteiger partial charge < -0.3 is 10.6 Å². The number of anilines is 1. The van der Waals surface area contributed by atoms with Crippen LogP contribution >= 0.6 is 15.9 Å². The number of halogens is 1. The number of nitrogens with zero attached hydrogens (tertiary/aromatic N) is 1. The molecule has 1 aromatic carbocycles. The van der Waals surface area contributed by atoms with Gasteiger partial charge in [0.1, 0.15) is 0 Å². The van der Waals surface area contributed by atoms with E-state index < -0.39 is 0 Å². The lowest BCUT2D eigenvalue weighted by Crippen LogP contribution is -2.26. The highest BCUT2D eigenvalue weighted by Gasteiger charge is 2.07. The van der Waals surface area contributed by atoms with Gasteiger partial charge in [0.25, 0.3) is 0 Å². The van der Waals surface area contributed by atoms with Gasteiger partial charge in [0.2, 0.25) is 0 Å². The minimum Gasteiger partial charge on any atom is -0.354 e. The second kappa shape index (κ2) is 4.66. The summed E-state index contributed by atoms with van der Waals surface area (Å²) in [4.78, 5) is 4.31. The van der Waals surface area contributed by atoms with Crippen molar-refractivity contribution in [1.29, 1.82) is 0 Å². The molecule has 2 N–H and O–H groups in total. The summed E-state index contributed by atoms with van der Waals surface area (Å²) in [5.41, 5.74) is 2.43. The lowest BCUT2D eigenvalue weighted by Gasteiger charge is -2.11. The van der Waals surface area contributed by atoms with Gasteiger partial charge in [-0.25, -0.2) is 0 Å². The molecule has 0 saturated carbocycles. The molecule has 1 aromatic rings. The first-order valence-corrected chi connectivity index (χ1v) is 5.92. The summed E-state index contributed by atoms with van der Waals surface area (Å²) in [6.07, 6.45) is 1.01. The van der Waals surface area contributed by atoms with E-state index in [1.807, 2.05) is 6.07 Å². The van der Waals surface area contributed by atoms with Crippen molar-refractivity contribution in [3.8, 4) is 0 Å². The van der Waals surface area contributed by atoms with Gasteiger partial charge in [-0.1, -0.05) is 22.9 Å². The number of aliphatic imine (C=N–C) groups is 1. The standard InChI is InChI=1S/C11H14BrN3/c1-2-8-7-9(12)3-4-10(8)15-11-13-5-6-14-11/h3-4,7H,2,5-6H2,1H3,(H2,13,14,15). The number of guanidine groups is 1. The van der Waals surface area contributed by atoms with Crippen LogP contribution in [0, 0.1) is 0 Å². The van der Waals surface area contributed by atoms with E-state index in [2.05, 4.69) is 50.6 Å². The number of benzene rings is 1. The normalized spacial score (nSPS) is 14.7. The molecule has 15 heavy (non-hydrogen) atoms. The smallest absolute Gasteiger partial charge is 0.195 e. The molecule has 0 aromatic heterocycles. The molecule has 1 aliphatic heterocycles. The van der Waals surface area contributed by atoms with Crippen LogP contribution in [0.15, 0.2) is 27.7 Å². The molecule has 0 spiro atoms. The van der Waals surface area contributed by atoms with E-state index in [1.165, 1.54) is 5.56 Å². The molecule has 1 heterocycles. The maximum Gasteiger partial charge on any atom is 0.195 e. The Morgan fingerprint density at radius 2 is 2.40 bits per heavy atom. The summed E-state index contributed by atoms with van der Waals surface area (Å²) in [7, 11) is 0. The van der Waals surface area contributed by atoms with Gasteiger partial charge in [-0.15, -0.1) is 0 Å². The topological polar surface area (TPSA) is 36.4 Å². The highest BCUT2D eigenvalue weighted by Crippen LogP contribution is 2.21. The number of rotatable bonds is 2. The third-order valence-corrected chi connectivity index (χ3v) is 2.87. The van der Waals surface area contributed by atoms with Crippen molar-refractivity contribution >= 4 is 27.6 Å². The van der Waals surface area contributed by atoms with Crippen molar-refractivity contribution in [2.24, 2.45) is 4.99 Å². The van der Waals surface area contributed by atoms with Crippen molar-refractivity contribution in [2.45, 2.75) is 13.3 Å². The molecular formula is C11H14BrN3. The largest absolute Gasteiger partial charge is 0.354 e. The van der Waals surface area contributed by atoms with Crippen LogP contribution in [-0.4, -0.2) is 19.0 Å². The van der Waals surface area contributed by atoms with Gasteiger partial charge in [-0.2, -0.15) is 0 Å². The van der Waals surface area contributed by atoms with Crippen molar-refractivity contribution < 1.29 is 0 Å². The van der Waals surface area contributed by atoms with Crippen LogP contribution in [0.1, 0.15) is 12.5 Å². The van der Waals surface area contributed by atoms with Crippen LogP contribution < -0.4 is 10.6 Å². The van der Waals surface area contributed by atoms with E-state index in [0.717, 1.165) is 35.6 Å². The Hall–Kier alpha value is -1.03. The number of aryl methyl sites for hydroxylation is 1. The zero-order chi connectivity index (χ0) is 10.7. The summed E-state index contributed by atoms with van der Waals surface area (Å²) in [5.74, 6) is 0.882. The minimum absolute atomic E-state index is 0.861. The van der Waals surface area contributed by atoms with Crippen LogP contribution in [0.5, 0.6) is 0 Å². The van der Waals surface area contributed by atoms with E-state index >= 15 is 0 Å². The molecule has 80 valence electrons. The quantitative estimate of drug-likeness (QED) is 0.864. The van der Waals surface area contributed by atoms with Crippen molar-refractivity contribution in [3.63, 3.8) is 0 Å². The van der Waals surface area contributed by atoms with Crippen LogP contribution in [-0.2, 0) is 6.42 Å². The fourth-order valence-corrected chi connectivity index (χ4v) is 1.99. The molecule has 0 unspecified atom stereocenters. The molecule has 2 rings (SSSR count). The average molecular weight is 268 g/mol. The zero-order valence-corrected chi connectivity index (χ0v) is 10.3. The van der Waals surface area contributed by atoms with Crippen molar-refractivity contribution in [3.05, 3.63) is 28.2 Å². The minimum atomic E-state index is 0.861. The van der Waals surface area contributed by atoms with Gasteiger partial charge in [0.05, 0.1) is 6.54 Å². The first-order chi connectivity index (χ1) is 7.29. The molecule has 0 saturated heterocycles. The summed E-state index contributed by atoms with van der Waals surface area (Å²) >= 11 is 3.48. The van der Waals surface area contributed by atoms with Crippen LogP contribution in [0.25, 0.3) is 0 Å². The summed E-state index contributed by atoms with van der Waals surface area (Å²) in [6, 6.07) is 6.25. The molecule has 1 aliphatic rings. The predicted molar refractivity (Wildman–Crippen MR) is 67.4 cm³/mol. The Bertz CT molecular complexity index is 387. The molecule has 0 radical (unpaired) electrons. The monoisotopic (exact) mass is 267 g/mol. The summed E-state index contributed by atoms with van der Waals surface area (Å²) < 4.78 is 1.12. The second-order valence-electron chi connectivity index (χ2n) is 3.44. The van der Waals surface area contributed by atoms with Crippen LogP contribution in [0.4, 0.5) is 5.69 Å². The fraction of sp³-hybridized carbons (Fsp3) is 0.364. The molecule has 4 heteroatoms.